The Balaban J connectivity index is 1.88. The maximum absolute atomic E-state index is 5.80. The molecule has 0 unspecified atom stereocenters. The summed E-state index contributed by atoms with van der Waals surface area (Å²) in [4.78, 5) is 8.44. The van der Waals surface area contributed by atoms with Crippen LogP contribution < -0.4 is 11.1 Å². The Bertz CT molecular complexity index is 575. The average Bonchev–Trinajstić information content (AvgIpc) is 2.94. The summed E-state index contributed by atoms with van der Waals surface area (Å²) in [6.45, 7) is 5.51. The highest BCUT2D eigenvalue weighted by molar-refractivity contribution is 5.77. The van der Waals surface area contributed by atoms with Gasteiger partial charge in [0.1, 0.15) is 6.54 Å². The van der Waals surface area contributed by atoms with Crippen LogP contribution in [0, 0.1) is 5.92 Å². The molecule has 0 spiro atoms. The standard InChI is InChI=1S/C16H22N4O/c1-12(2)8-9-18-16(17)20-11-15-19-10-14(21-15)13-6-4-3-5-7-13/h3-7,10,12H,8-9,11H2,1-2H3,(H3,17,18,20). The molecule has 0 atom stereocenters. The second kappa shape index (κ2) is 7.47. The first kappa shape index (κ1) is 15.1. The second-order valence-corrected chi connectivity index (χ2v) is 5.30. The molecule has 0 aliphatic heterocycles. The van der Waals surface area contributed by atoms with Gasteiger partial charge in [-0.05, 0) is 12.3 Å². The van der Waals surface area contributed by atoms with E-state index in [1.807, 2.05) is 30.3 Å². The second-order valence-electron chi connectivity index (χ2n) is 5.30. The summed E-state index contributed by atoms with van der Waals surface area (Å²) in [5.41, 5.74) is 6.80. The van der Waals surface area contributed by atoms with Gasteiger partial charge in [-0.3, -0.25) is 0 Å². The largest absolute Gasteiger partial charge is 0.439 e. The van der Waals surface area contributed by atoms with Crippen LogP contribution in [0.3, 0.4) is 0 Å². The molecule has 1 aromatic carbocycles. The van der Waals surface area contributed by atoms with Crippen LogP contribution >= 0.6 is 0 Å². The molecular weight excluding hydrogens is 264 g/mol. The number of guanidine groups is 1. The summed E-state index contributed by atoms with van der Waals surface area (Å²) in [5, 5.41) is 3.08. The van der Waals surface area contributed by atoms with Crippen molar-refractivity contribution in [2.24, 2.45) is 16.6 Å². The van der Waals surface area contributed by atoms with Crippen LogP contribution in [0.2, 0.25) is 0 Å². The summed E-state index contributed by atoms with van der Waals surface area (Å²) in [6.07, 6.45) is 2.77. The zero-order valence-electron chi connectivity index (χ0n) is 12.5. The first-order valence-electron chi connectivity index (χ1n) is 7.19. The minimum atomic E-state index is 0.341. The van der Waals surface area contributed by atoms with Crippen LogP contribution in [0.4, 0.5) is 0 Å². The van der Waals surface area contributed by atoms with Crippen molar-refractivity contribution in [1.82, 2.24) is 10.3 Å². The highest BCUT2D eigenvalue weighted by atomic mass is 16.4. The minimum Gasteiger partial charge on any atom is -0.439 e. The highest BCUT2D eigenvalue weighted by Gasteiger charge is 2.05. The lowest BCUT2D eigenvalue weighted by Gasteiger charge is -2.06. The lowest BCUT2D eigenvalue weighted by atomic mass is 10.1. The quantitative estimate of drug-likeness (QED) is 0.632. The number of hydrogen-bond acceptors (Lipinski definition) is 3. The number of hydrogen-bond donors (Lipinski definition) is 2. The molecule has 0 saturated carbocycles. The molecule has 2 aromatic rings. The van der Waals surface area contributed by atoms with Gasteiger partial charge in [0.05, 0.1) is 6.20 Å². The minimum absolute atomic E-state index is 0.341. The van der Waals surface area contributed by atoms with Crippen LogP contribution in [0.25, 0.3) is 11.3 Å². The fourth-order valence-electron chi connectivity index (χ4n) is 1.82. The normalized spacial score (nSPS) is 11.9. The van der Waals surface area contributed by atoms with Crippen molar-refractivity contribution in [2.45, 2.75) is 26.8 Å². The smallest absolute Gasteiger partial charge is 0.216 e. The first-order valence-corrected chi connectivity index (χ1v) is 7.19. The zero-order valence-corrected chi connectivity index (χ0v) is 12.5. The van der Waals surface area contributed by atoms with Gasteiger partial charge >= 0.3 is 0 Å². The third kappa shape index (κ3) is 4.95. The fourth-order valence-corrected chi connectivity index (χ4v) is 1.82. The summed E-state index contributed by atoms with van der Waals surface area (Å²) in [5.74, 6) is 2.37. The molecule has 0 aliphatic carbocycles. The monoisotopic (exact) mass is 286 g/mol. The van der Waals surface area contributed by atoms with Crippen LogP contribution in [-0.4, -0.2) is 17.5 Å². The van der Waals surface area contributed by atoms with Crippen molar-refractivity contribution in [3.63, 3.8) is 0 Å². The lowest BCUT2D eigenvalue weighted by Crippen LogP contribution is -2.32. The molecule has 0 fully saturated rings. The van der Waals surface area contributed by atoms with Crippen molar-refractivity contribution >= 4 is 5.96 Å². The van der Waals surface area contributed by atoms with Gasteiger partial charge in [-0.2, -0.15) is 0 Å². The summed E-state index contributed by atoms with van der Waals surface area (Å²) in [7, 11) is 0. The Hall–Kier alpha value is -2.30. The first-order chi connectivity index (χ1) is 10.1. The van der Waals surface area contributed by atoms with E-state index in [0.29, 0.717) is 24.3 Å². The number of rotatable bonds is 6. The molecule has 5 heteroatoms. The molecule has 112 valence electrons. The SMILES string of the molecule is CC(C)CCNC(N)=NCc1ncc(-c2ccccc2)o1. The van der Waals surface area contributed by atoms with E-state index in [1.165, 1.54) is 0 Å². The van der Waals surface area contributed by atoms with Gasteiger partial charge in [0.15, 0.2) is 11.7 Å². The molecule has 21 heavy (non-hydrogen) atoms. The van der Waals surface area contributed by atoms with Gasteiger partial charge in [0, 0.05) is 12.1 Å². The molecule has 0 amide bonds. The van der Waals surface area contributed by atoms with E-state index in [9.17, 15) is 0 Å². The van der Waals surface area contributed by atoms with E-state index in [1.54, 1.807) is 6.20 Å². The van der Waals surface area contributed by atoms with E-state index in [2.05, 4.69) is 29.1 Å². The van der Waals surface area contributed by atoms with E-state index in [-0.39, 0.29) is 0 Å². The Labute approximate surface area is 125 Å². The molecular formula is C16H22N4O. The number of aromatic nitrogens is 1. The van der Waals surface area contributed by atoms with Crippen LogP contribution in [0.5, 0.6) is 0 Å². The zero-order chi connectivity index (χ0) is 15.1. The van der Waals surface area contributed by atoms with Crippen molar-refractivity contribution < 1.29 is 4.42 Å². The van der Waals surface area contributed by atoms with Gasteiger partial charge in [0.2, 0.25) is 5.89 Å². The van der Waals surface area contributed by atoms with Gasteiger partial charge in [-0.15, -0.1) is 0 Å². The predicted molar refractivity (Wildman–Crippen MR) is 84.7 cm³/mol. The summed E-state index contributed by atoms with van der Waals surface area (Å²) >= 11 is 0. The summed E-state index contributed by atoms with van der Waals surface area (Å²) < 4.78 is 5.66. The van der Waals surface area contributed by atoms with E-state index in [4.69, 9.17) is 10.2 Å². The number of benzene rings is 1. The van der Waals surface area contributed by atoms with Crippen molar-refractivity contribution in [2.75, 3.05) is 6.54 Å². The van der Waals surface area contributed by atoms with Gasteiger partial charge in [-0.25, -0.2) is 9.98 Å². The Morgan fingerprint density at radius 2 is 2.10 bits per heavy atom. The number of nitrogens with zero attached hydrogens (tertiary/aromatic N) is 2. The number of nitrogens with two attached hydrogens (primary N) is 1. The third-order valence-electron chi connectivity index (χ3n) is 3.02. The third-order valence-corrected chi connectivity index (χ3v) is 3.02. The number of oxazole rings is 1. The van der Waals surface area contributed by atoms with Gasteiger partial charge in [-0.1, -0.05) is 44.2 Å². The average molecular weight is 286 g/mol. The lowest BCUT2D eigenvalue weighted by molar-refractivity contribution is 0.509. The Morgan fingerprint density at radius 1 is 1.33 bits per heavy atom. The van der Waals surface area contributed by atoms with Gasteiger partial charge < -0.3 is 15.5 Å². The van der Waals surface area contributed by atoms with E-state index in [0.717, 1.165) is 24.3 Å². The molecule has 0 saturated heterocycles. The maximum Gasteiger partial charge on any atom is 0.216 e. The Kier molecular flexibility index (Phi) is 5.37. The molecule has 0 radical (unpaired) electrons. The van der Waals surface area contributed by atoms with Crippen molar-refractivity contribution in [3.8, 4) is 11.3 Å². The Morgan fingerprint density at radius 3 is 2.81 bits per heavy atom. The van der Waals surface area contributed by atoms with Crippen LogP contribution in [-0.2, 0) is 6.54 Å². The molecule has 0 bridgehead atoms. The number of aliphatic imine (C=N–C) groups is 1. The molecule has 5 nitrogen and oxygen atoms in total. The molecule has 3 N–H and O–H groups in total. The molecule has 0 aliphatic rings. The maximum atomic E-state index is 5.80. The van der Waals surface area contributed by atoms with E-state index >= 15 is 0 Å². The molecule has 1 aromatic heterocycles. The van der Waals surface area contributed by atoms with Crippen molar-refractivity contribution in [1.29, 1.82) is 0 Å². The molecule has 2 rings (SSSR count). The molecule has 1 heterocycles. The van der Waals surface area contributed by atoms with Gasteiger partial charge in [0.25, 0.3) is 0 Å². The predicted octanol–water partition coefficient (Wildman–Crippen LogP) is 2.79. The van der Waals surface area contributed by atoms with Crippen LogP contribution in [0.15, 0.2) is 45.9 Å². The highest BCUT2D eigenvalue weighted by Crippen LogP contribution is 2.19. The topological polar surface area (TPSA) is 76.4 Å². The van der Waals surface area contributed by atoms with Crippen molar-refractivity contribution in [3.05, 3.63) is 42.4 Å². The van der Waals surface area contributed by atoms with E-state index < -0.39 is 0 Å². The summed E-state index contributed by atoms with van der Waals surface area (Å²) in [6, 6.07) is 9.86. The number of nitrogens with one attached hydrogen (secondary N) is 1. The van der Waals surface area contributed by atoms with Crippen LogP contribution in [0.1, 0.15) is 26.2 Å². The fraction of sp³-hybridized carbons (Fsp3) is 0.375.